The van der Waals surface area contributed by atoms with Crippen LogP contribution < -0.4 is 21.2 Å². The molecule has 0 saturated heterocycles. The largest absolute Gasteiger partial charge is 0.0841 e. The summed E-state index contributed by atoms with van der Waals surface area (Å²) in [4.78, 5) is 0. The zero-order valence-electron chi connectivity index (χ0n) is 19.0. The minimum Gasteiger partial charge on any atom is -0.0841 e. The molecule has 164 valence electrons. The van der Waals surface area contributed by atoms with Crippen molar-refractivity contribution in [2.75, 3.05) is 0 Å². The molecule has 0 heterocycles. The molecule has 0 spiro atoms. The van der Waals surface area contributed by atoms with Crippen LogP contribution in [0.4, 0.5) is 0 Å². The molecule has 1 aliphatic rings. The second-order valence-corrected chi connectivity index (χ2v) is 13.3. The van der Waals surface area contributed by atoms with E-state index in [4.69, 9.17) is 0 Å². The zero-order chi connectivity index (χ0) is 22.5. The highest BCUT2D eigenvalue weighted by atomic mass is 31.1. The highest BCUT2D eigenvalue weighted by Gasteiger charge is 2.42. The summed E-state index contributed by atoms with van der Waals surface area (Å²) in [6.07, 6.45) is 6.30. The van der Waals surface area contributed by atoms with Gasteiger partial charge in [-0.05, 0) is 49.4 Å². The van der Waals surface area contributed by atoms with Crippen molar-refractivity contribution in [2.24, 2.45) is 5.92 Å². The van der Waals surface area contributed by atoms with Gasteiger partial charge in [0.05, 0.1) is 0 Å². The van der Waals surface area contributed by atoms with E-state index in [1.807, 2.05) is 0 Å². The van der Waals surface area contributed by atoms with E-state index in [2.05, 4.69) is 140 Å². The molecule has 0 radical (unpaired) electrons. The number of hydrogen-bond donors (Lipinski definition) is 0. The van der Waals surface area contributed by atoms with E-state index in [1.54, 1.807) is 0 Å². The average Bonchev–Trinajstić information content (AvgIpc) is 3.30. The normalized spacial score (nSPS) is 19.9. The number of allylic oxidation sites excluding steroid dienone is 2. The summed E-state index contributed by atoms with van der Waals surface area (Å²) in [6, 6.07) is 45.0. The van der Waals surface area contributed by atoms with Crippen LogP contribution in [0.1, 0.15) is 13.3 Å². The molecular formula is C31H30P2. The van der Waals surface area contributed by atoms with Crippen LogP contribution in [0.5, 0.6) is 0 Å². The lowest BCUT2D eigenvalue weighted by molar-refractivity contribution is 0.626. The molecule has 0 nitrogen and oxygen atoms in total. The van der Waals surface area contributed by atoms with E-state index >= 15 is 0 Å². The molecule has 0 saturated carbocycles. The van der Waals surface area contributed by atoms with Crippen LogP contribution in [0.3, 0.4) is 0 Å². The number of benzene rings is 4. The van der Waals surface area contributed by atoms with Gasteiger partial charge in [-0.1, -0.05) is 140 Å². The summed E-state index contributed by atoms with van der Waals surface area (Å²) in [7, 11) is -1.00. The Hall–Kier alpha value is -2.52. The third-order valence-corrected chi connectivity index (χ3v) is 12.6. The predicted octanol–water partition coefficient (Wildman–Crippen LogP) is 6.59. The van der Waals surface area contributed by atoms with E-state index < -0.39 is 15.8 Å². The number of rotatable bonds is 7. The summed E-state index contributed by atoms with van der Waals surface area (Å²) < 4.78 is 0. The first-order valence-corrected chi connectivity index (χ1v) is 14.7. The van der Waals surface area contributed by atoms with Gasteiger partial charge in [0.15, 0.2) is 0 Å². The third kappa shape index (κ3) is 4.75. The van der Waals surface area contributed by atoms with E-state index in [0.717, 1.165) is 0 Å². The van der Waals surface area contributed by atoms with E-state index in [1.165, 1.54) is 27.6 Å². The molecule has 0 amide bonds. The Morgan fingerprint density at radius 1 is 0.485 bits per heavy atom. The number of hydrogen-bond acceptors (Lipinski definition) is 0. The average molecular weight is 465 g/mol. The fourth-order valence-corrected chi connectivity index (χ4v) is 11.7. The standard InChI is InChI=1S/C31H30P2/c1-2-25-23-24-30(32(26-15-7-3-8-16-26)27-17-9-4-10-18-27)31(25)33(28-19-11-5-12-20-28)29-21-13-6-14-22-29/h3-25,30-31H,2H2,1H3/t25-,30+,31+/m0/s1. The van der Waals surface area contributed by atoms with Crippen LogP contribution >= 0.6 is 15.8 Å². The molecule has 4 aromatic carbocycles. The Bertz CT molecular complexity index is 1080. The van der Waals surface area contributed by atoms with Crippen LogP contribution in [-0.4, -0.2) is 11.3 Å². The molecule has 0 fully saturated rings. The van der Waals surface area contributed by atoms with Crippen LogP contribution in [0.15, 0.2) is 133 Å². The van der Waals surface area contributed by atoms with Crippen LogP contribution in [0.2, 0.25) is 0 Å². The molecule has 0 bridgehead atoms. The van der Waals surface area contributed by atoms with Crippen molar-refractivity contribution in [2.45, 2.75) is 24.7 Å². The van der Waals surface area contributed by atoms with E-state index in [0.29, 0.717) is 17.2 Å². The lowest BCUT2D eigenvalue weighted by Gasteiger charge is -2.38. The Balaban J connectivity index is 1.66. The predicted molar refractivity (Wildman–Crippen MR) is 149 cm³/mol. The lowest BCUT2D eigenvalue weighted by Crippen LogP contribution is -2.35. The summed E-state index contributed by atoms with van der Waals surface area (Å²) in [6.45, 7) is 2.36. The van der Waals surface area contributed by atoms with Gasteiger partial charge in [0, 0.05) is 11.3 Å². The van der Waals surface area contributed by atoms with Gasteiger partial charge in [0.2, 0.25) is 0 Å². The Morgan fingerprint density at radius 3 is 1.21 bits per heavy atom. The van der Waals surface area contributed by atoms with Gasteiger partial charge >= 0.3 is 0 Å². The van der Waals surface area contributed by atoms with Crippen LogP contribution in [-0.2, 0) is 0 Å². The van der Waals surface area contributed by atoms with Crippen molar-refractivity contribution in [1.29, 1.82) is 0 Å². The van der Waals surface area contributed by atoms with Crippen molar-refractivity contribution >= 4 is 37.1 Å². The monoisotopic (exact) mass is 464 g/mol. The highest BCUT2D eigenvalue weighted by Crippen LogP contribution is 2.57. The van der Waals surface area contributed by atoms with Crippen molar-refractivity contribution in [3.63, 3.8) is 0 Å². The summed E-state index contributed by atoms with van der Waals surface area (Å²) in [5, 5.41) is 5.94. The van der Waals surface area contributed by atoms with Gasteiger partial charge in [-0.15, -0.1) is 0 Å². The molecule has 1 aliphatic carbocycles. The second-order valence-electron chi connectivity index (χ2n) is 8.52. The SMILES string of the molecule is CC[C@H]1C=C[C@@H](P(c2ccccc2)c2ccccc2)[C@@H]1P(c1ccccc1)c1ccccc1. The minimum atomic E-state index is -0.507. The van der Waals surface area contributed by atoms with E-state index in [9.17, 15) is 0 Å². The molecule has 0 aliphatic heterocycles. The molecule has 33 heavy (non-hydrogen) atoms. The van der Waals surface area contributed by atoms with Crippen molar-refractivity contribution in [1.82, 2.24) is 0 Å². The smallest absolute Gasteiger partial charge is 0.0130 e. The fraction of sp³-hybridized carbons (Fsp3) is 0.161. The maximum absolute atomic E-state index is 2.58. The molecule has 4 aromatic rings. The lowest BCUT2D eigenvalue weighted by atomic mass is 10.1. The fourth-order valence-electron chi connectivity index (χ4n) is 5.04. The first-order chi connectivity index (χ1) is 16.4. The van der Waals surface area contributed by atoms with Gasteiger partial charge in [-0.25, -0.2) is 0 Å². The summed E-state index contributed by atoms with van der Waals surface area (Å²) in [5.74, 6) is 0.596. The highest BCUT2D eigenvalue weighted by molar-refractivity contribution is 7.77. The molecule has 2 heteroatoms. The van der Waals surface area contributed by atoms with E-state index in [-0.39, 0.29) is 0 Å². The second kappa shape index (κ2) is 10.6. The van der Waals surface area contributed by atoms with Crippen LogP contribution in [0.25, 0.3) is 0 Å². The third-order valence-electron chi connectivity index (χ3n) is 6.55. The first-order valence-electron chi connectivity index (χ1n) is 11.8. The van der Waals surface area contributed by atoms with Gasteiger partial charge < -0.3 is 0 Å². The molecular weight excluding hydrogens is 434 g/mol. The Labute approximate surface area is 200 Å². The topological polar surface area (TPSA) is 0 Å². The quantitative estimate of drug-likeness (QED) is 0.214. The van der Waals surface area contributed by atoms with Gasteiger partial charge in [0.1, 0.15) is 0 Å². The van der Waals surface area contributed by atoms with Crippen molar-refractivity contribution < 1.29 is 0 Å². The maximum Gasteiger partial charge on any atom is 0.0130 e. The Kier molecular flexibility index (Phi) is 7.16. The molecule has 5 rings (SSSR count). The minimum absolute atomic E-state index is 0.496. The molecule has 3 atom stereocenters. The molecule has 0 N–H and O–H groups in total. The van der Waals surface area contributed by atoms with Crippen LogP contribution in [0, 0.1) is 5.92 Å². The van der Waals surface area contributed by atoms with Gasteiger partial charge in [0.25, 0.3) is 0 Å². The maximum atomic E-state index is 2.58. The molecule has 0 unspecified atom stereocenters. The molecule has 0 aromatic heterocycles. The van der Waals surface area contributed by atoms with Crippen molar-refractivity contribution in [3.05, 3.63) is 133 Å². The Morgan fingerprint density at radius 2 is 0.848 bits per heavy atom. The van der Waals surface area contributed by atoms with Gasteiger partial charge in [-0.2, -0.15) is 0 Å². The zero-order valence-corrected chi connectivity index (χ0v) is 20.8. The van der Waals surface area contributed by atoms with Crippen molar-refractivity contribution in [3.8, 4) is 0 Å². The first kappa shape index (κ1) is 22.3. The van der Waals surface area contributed by atoms with Gasteiger partial charge in [-0.3, -0.25) is 0 Å². The summed E-state index contributed by atoms with van der Waals surface area (Å²) in [5.41, 5.74) is 1.10. The summed E-state index contributed by atoms with van der Waals surface area (Å²) >= 11 is 0.